The third kappa shape index (κ3) is 2.91. The van der Waals surface area contributed by atoms with E-state index >= 15 is 0 Å². The van der Waals surface area contributed by atoms with Crippen molar-refractivity contribution in [2.24, 2.45) is 0 Å². The van der Waals surface area contributed by atoms with Gasteiger partial charge in [0.05, 0.1) is 4.92 Å². The molecule has 110 valence electrons. The van der Waals surface area contributed by atoms with Crippen LogP contribution in [0.25, 0.3) is 0 Å². The lowest BCUT2D eigenvalue weighted by molar-refractivity contribution is -0.386. The molecule has 1 heterocycles. The molecule has 1 aromatic heterocycles. The molecule has 0 radical (unpaired) electrons. The lowest BCUT2D eigenvalue weighted by atomic mass is 10.2. The number of carbonyl (C=O) groups is 1. The topological polar surface area (TPSA) is 90.1 Å². The van der Waals surface area contributed by atoms with Gasteiger partial charge in [-0.15, -0.1) is 0 Å². The van der Waals surface area contributed by atoms with E-state index in [2.05, 4.69) is 10.4 Å². The van der Waals surface area contributed by atoms with Gasteiger partial charge in [-0.1, -0.05) is 18.2 Å². The Morgan fingerprint density at radius 1 is 1.33 bits per heavy atom. The normalized spacial score (nSPS) is 12.0. The summed E-state index contributed by atoms with van der Waals surface area (Å²) < 4.78 is 1.38. The number of nitrogens with zero attached hydrogens (tertiary/aromatic N) is 3. The lowest BCUT2D eigenvalue weighted by Crippen LogP contribution is -2.25. The van der Waals surface area contributed by atoms with Crippen LogP contribution in [0.1, 0.15) is 24.4 Å². The number of rotatable bonds is 4. The van der Waals surface area contributed by atoms with Gasteiger partial charge in [-0.25, -0.2) is 0 Å². The van der Waals surface area contributed by atoms with Crippen molar-refractivity contribution in [1.82, 2.24) is 9.78 Å². The first-order valence-electron chi connectivity index (χ1n) is 6.48. The Balaban J connectivity index is 2.24. The summed E-state index contributed by atoms with van der Waals surface area (Å²) in [6.45, 7) is 4.80. The van der Waals surface area contributed by atoms with Gasteiger partial charge >= 0.3 is 5.69 Å². The van der Waals surface area contributed by atoms with Crippen molar-refractivity contribution in [1.29, 1.82) is 0 Å². The molecule has 0 fully saturated rings. The van der Waals surface area contributed by atoms with Crippen molar-refractivity contribution in [3.8, 4) is 0 Å². The quantitative estimate of drug-likeness (QED) is 0.691. The monoisotopic (exact) mass is 288 g/mol. The average Bonchev–Trinajstić information content (AvgIpc) is 2.74. The van der Waals surface area contributed by atoms with Crippen molar-refractivity contribution in [2.45, 2.75) is 26.8 Å². The molecule has 0 aliphatic carbocycles. The van der Waals surface area contributed by atoms with Gasteiger partial charge in [-0.2, -0.15) is 5.10 Å². The number of carbonyl (C=O) groups excluding carboxylic acids is 1. The summed E-state index contributed by atoms with van der Waals surface area (Å²) in [4.78, 5) is 22.7. The summed E-state index contributed by atoms with van der Waals surface area (Å²) in [6.07, 6.45) is 0. The molecule has 0 saturated carbocycles. The van der Waals surface area contributed by atoms with Gasteiger partial charge in [0.1, 0.15) is 17.4 Å². The van der Waals surface area contributed by atoms with Gasteiger partial charge in [-0.05, 0) is 32.9 Å². The zero-order chi connectivity index (χ0) is 15.6. The van der Waals surface area contributed by atoms with Gasteiger partial charge in [-0.3, -0.25) is 19.6 Å². The van der Waals surface area contributed by atoms with Crippen molar-refractivity contribution in [3.63, 3.8) is 0 Å². The van der Waals surface area contributed by atoms with E-state index < -0.39 is 11.0 Å². The number of aryl methyl sites for hydroxylation is 1. The highest BCUT2D eigenvalue weighted by Crippen LogP contribution is 2.25. The second kappa shape index (κ2) is 5.74. The Hall–Kier alpha value is -2.70. The molecule has 0 aliphatic heterocycles. The van der Waals surface area contributed by atoms with Crippen LogP contribution in [0.3, 0.4) is 0 Å². The molecular formula is C14H16N4O3. The Morgan fingerprint density at radius 2 is 1.95 bits per heavy atom. The minimum atomic E-state index is -0.641. The first-order valence-corrected chi connectivity index (χ1v) is 6.48. The summed E-state index contributed by atoms with van der Waals surface area (Å²) in [7, 11) is 0. The lowest BCUT2D eigenvalue weighted by Gasteiger charge is -2.13. The number of hydrogen-bond donors (Lipinski definition) is 1. The number of nitro groups is 1. The Kier molecular flexibility index (Phi) is 4.02. The van der Waals surface area contributed by atoms with Crippen LogP contribution in [-0.2, 0) is 4.79 Å². The summed E-state index contributed by atoms with van der Waals surface area (Å²) in [5, 5.41) is 17.9. The fraction of sp³-hybridized carbons (Fsp3) is 0.286. The SMILES string of the molecule is Cc1nn(C(C)C(=O)Nc2ccccc2)c(C)c1[N+](=O)[O-]. The highest BCUT2D eigenvalue weighted by Gasteiger charge is 2.26. The van der Waals surface area contributed by atoms with Gasteiger partial charge in [0.15, 0.2) is 0 Å². The van der Waals surface area contributed by atoms with Gasteiger partial charge in [0.25, 0.3) is 0 Å². The average molecular weight is 288 g/mol. The van der Waals surface area contributed by atoms with Crippen molar-refractivity contribution < 1.29 is 9.72 Å². The first-order chi connectivity index (χ1) is 9.91. The molecule has 1 aromatic carbocycles. The van der Waals surface area contributed by atoms with Gasteiger partial charge in [0, 0.05) is 5.69 Å². The van der Waals surface area contributed by atoms with E-state index in [0.717, 1.165) is 0 Å². The van der Waals surface area contributed by atoms with E-state index in [-0.39, 0.29) is 11.6 Å². The molecule has 2 aromatic rings. The molecule has 0 spiro atoms. The molecule has 21 heavy (non-hydrogen) atoms. The van der Waals surface area contributed by atoms with Crippen molar-refractivity contribution in [3.05, 3.63) is 51.8 Å². The maximum absolute atomic E-state index is 12.2. The third-order valence-electron chi connectivity index (χ3n) is 3.26. The number of anilines is 1. The number of para-hydroxylation sites is 1. The van der Waals surface area contributed by atoms with Crippen LogP contribution < -0.4 is 5.32 Å². The number of nitrogens with one attached hydrogen (secondary N) is 1. The predicted molar refractivity (Wildman–Crippen MR) is 78.1 cm³/mol. The molecule has 7 nitrogen and oxygen atoms in total. The second-order valence-electron chi connectivity index (χ2n) is 4.75. The minimum Gasteiger partial charge on any atom is -0.324 e. The van der Waals surface area contributed by atoms with E-state index in [1.165, 1.54) is 4.68 Å². The van der Waals surface area contributed by atoms with Crippen LogP contribution in [0.5, 0.6) is 0 Å². The van der Waals surface area contributed by atoms with Crippen LogP contribution in [-0.4, -0.2) is 20.6 Å². The predicted octanol–water partition coefficient (Wildman–Crippen LogP) is 2.61. The summed E-state index contributed by atoms with van der Waals surface area (Å²) >= 11 is 0. The molecule has 0 bridgehead atoms. The molecule has 2 rings (SSSR count). The largest absolute Gasteiger partial charge is 0.324 e. The van der Waals surface area contributed by atoms with E-state index in [4.69, 9.17) is 0 Å². The zero-order valence-electron chi connectivity index (χ0n) is 12.0. The fourth-order valence-corrected chi connectivity index (χ4v) is 2.17. The Bertz CT molecular complexity index is 679. The Labute approximate surface area is 121 Å². The summed E-state index contributed by atoms with van der Waals surface area (Å²) in [5.74, 6) is -0.276. The molecule has 0 aliphatic rings. The molecule has 1 amide bonds. The van der Waals surface area contributed by atoms with Crippen LogP contribution in [0.15, 0.2) is 30.3 Å². The highest BCUT2D eigenvalue weighted by molar-refractivity contribution is 5.93. The smallest absolute Gasteiger partial charge is 0.312 e. The number of aromatic nitrogens is 2. The summed E-state index contributed by atoms with van der Waals surface area (Å²) in [5.41, 5.74) is 1.30. The molecular weight excluding hydrogens is 272 g/mol. The van der Waals surface area contributed by atoms with Crippen LogP contribution in [0.2, 0.25) is 0 Å². The molecule has 1 N–H and O–H groups in total. The fourth-order valence-electron chi connectivity index (χ4n) is 2.17. The van der Waals surface area contributed by atoms with Gasteiger partial charge < -0.3 is 5.32 Å². The van der Waals surface area contributed by atoms with Crippen molar-refractivity contribution >= 4 is 17.3 Å². The molecule has 7 heteroatoms. The number of benzene rings is 1. The zero-order valence-corrected chi connectivity index (χ0v) is 12.0. The van der Waals surface area contributed by atoms with E-state index in [1.54, 1.807) is 32.9 Å². The highest BCUT2D eigenvalue weighted by atomic mass is 16.6. The van der Waals surface area contributed by atoms with E-state index in [9.17, 15) is 14.9 Å². The summed E-state index contributed by atoms with van der Waals surface area (Å²) in [6, 6.07) is 8.38. The van der Waals surface area contributed by atoms with E-state index in [1.807, 2.05) is 18.2 Å². The first kappa shape index (κ1) is 14.7. The standard InChI is InChI=1S/C14H16N4O3/c1-9-13(18(20)21)10(2)17(16-9)11(3)14(19)15-12-7-5-4-6-8-12/h4-8,11H,1-3H3,(H,15,19). The van der Waals surface area contributed by atoms with Crippen LogP contribution in [0, 0.1) is 24.0 Å². The minimum absolute atomic E-state index is 0.0469. The van der Waals surface area contributed by atoms with Crippen molar-refractivity contribution in [2.75, 3.05) is 5.32 Å². The van der Waals surface area contributed by atoms with E-state index in [0.29, 0.717) is 17.1 Å². The molecule has 1 atom stereocenters. The Morgan fingerprint density at radius 3 is 2.48 bits per heavy atom. The maximum atomic E-state index is 12.2. The maximum Gasteiger partial charge on any atom is 0.312 e. The van der Waals surface area contributed by atoms with Crippen LogP contribution in [0.4, 0.5) is 11.4 Å². The van der Waals surface area contributed by atoms with Gasteiger partial charge in [0.2, 0.25) is 5.91 Å². The second-order valence-corrected chi connectivity index (χ2v) is 4.75. The molecule has 0 saturated heterocycles. The third-order valence-corrected chi connectivity index (χ3v) is 3.26. The number of amides is 1. The van der Waals surface area contributed by atoms with Crippen LogP contribution >= 0.6 is 0 Å². The number of hydrogen-bond acceptors (Lipinski definition) is 4. The molecule has 1 unspecified atom stereocenters.